The molecule has 4 nitrogen and oxygen atoms in total. The van der Waals surface area contributed by atoms with Crippen molar-refractivity contribution in [3.8, 4) is 0 Å². The molecule has 58 valence electrons. The van der Waals surface area contributed by atoms with E-state index in [-0.39, 0.29) is 18.0 Å². The standard InChI is InChI=1S/C6H13N3O/c7-5(8)9-3-6(4-10)1-2-6/h10H,1-4H2,(H4,7,8,9). The van der Waals surface area contributed by atoms with Crippen LogP contribution in [0.5, 0.6) is 0 Å². The number of hydrogen-bond donors (Lipinski definition) is 4. The molecular weight excluding hydrogens is 130 g/mol. The van der Waals surface area contributed by atoms with Crippen LogP contribution in [-0.4, -0.2) is 24.2 Å². The average Bonchev–Trinajstić information content (AvgIpc) is 2.64. The van der Waals surface area contributed by atoms with Crippen molar-refractivity contribution in [3.05, 3.63) is 0 Å². The van der Waals surface area contributed by atoms with Gasteiger partial charge in [0.05, 0.1) is 6.61 Å². The Morgan fingerprint density at radius 3 is 2.60 bits per heavy atom. The summed E-state index contributed by atoms with van der Waals surface area (Å²) in [6, 6.07) is 0. The molecule has 0 amide bonds. The molecule has 0 heterocycles. The van der Waals surface area contributed by atoms with Crippen LogP contribution in [0, 0.1) is 10.8 Å². The Kier molecular flexibility index (Phi) is 1.80. The van der Waals surface area contributed by atoms with Gasteiger partial charge >= 0.3 is 0 Å². The number of aliphatic hydroxyl groups excluding tert-OH is 1. The van der Waals surface area contributed by atoms with Gasteiger partial charge in [0.2, 0.25) is 0 Å². The van der Waals surface area contributed by atoms with Crippen molar-refractivity contribution in [2.24, 2.45) is 11.1 Å². The normalized spacial score (nSPS) is 20.1. The Hall–Kier alpha value is -0.770. The van der Waals surface area contributed by atoms with Gasteiger partial charge in [0, 0.05) is 12.0 Å². The lowest BCUT2D eigenvalue weighted by Crippen LogP contribution is -2.36. The molecule has 0 aromatic rings. The van der Waals surface area contributed by atoms with E-state index in [0.29, 0.717) is 6.54 Å². The topological polar surface area (TPSA) is 82.1 Å². The second kappa shape index (κ2) is 2.46. The second-order valence-electron chi connectivity index (χ2n) is 2.93. The first-order valence-electron chi connectivity index (χ1n) is 3.37. The van der Waals surface area contributed by atoms with Gasteiger partial charge in [-0.2, -0.15) is 0 Å². The fourth-order valence-electron chi connectivity index (χ4n) is 0.850. The van der Waals surface area contributed by atoms with Gasteiger partial charge in [0.1, 0.15) is 0 Å². The molecule has 0 radical (unpaired) electrons. The minimum absolute atomic E-state index is 0.0141. The quantitative estimate of drug-likeness (QED) is 0.309. The van der Waals surface area contributed by atoms with Crippen molar-refractivity contribution in [1.82, 2.24) is 5.32 Å². The molecule has 5 N–H and O–H groups in total. The SMILES string of the molecule is N=C(N)NCC1(CO)CC1. The van der Waals surface area contributed by atoms with E-state index in [9.17, 15) is 0 Å². The first-order valence-corrected chi connectivity index (χ1v) is 3.37. The summed E-state index contributed by atoms with van der Waals surface area (Å²) in [5.74, 6) is -0.0141. The fraction of sp³-hybridized carbons (Fsp3) is 0.833. The Balaban J connectivity index is 2.19. The predicted molar refractivity (Wildman–Crippen MR) is 38.7 cm³/mol. The van der Waals surface area contributed by atoms with Crippen LogP contribution in [0.15, 0.2) is 0 Å². The molecule has 0 aromatic carbocycles. The number of guanidine groups is 1. The molecule has 0 atom stereocenters. The van der Waals surface area contributed by atoms with Crippen molar-refractivity contribution >= 4 is 5.96 Å². The maximum absolute atomic E-state index is 8.82. The molecular formula is C6H13N3O. The largest absolute Gasteiger partial charge is 0.396 e. The van der Waals surface area contributed by atoms with E-state index < -0.39 is 0 Å². The van der Waals surface area contributed by atoms with Crippen LogP contribution in [-0.2, 0) is 0 Å². The lowest BCUT2D eigenvalue weighted by molar-refractivity contribution is 0.212. The zero-order chi connectivity index (χ0) is 7.61. The van der Waals surface area contributed by atoms with Gasteiger partial charge in [-0.1, -0.05) is 0 Å². The third kappa shape index (κ3) is 1.60. The van der Waals surface area contributed by atoms with Crippen LogP contribution < -0.4 is 11.1 Å². The number of aliphatic hydroxyl groups is 1. The molecule has 1 rings (SSSR count). The molecule has 0 spiro atoms. The minimum Gasteiger partial charge on any atom is -0.396 e. The monoisotopic (exact) mass is 143 g/mol. The highest BCUT2D eigenvalue weighted by atomic mass is 16.3. The molecule has 0 unspecified atom stereocenters. The van der Waals surface area contributed by atoms with Crippen LogP contribution in [0.25, 0.3) is 0 Å². The molecule has 0 aromatic heterocycles. The molecule has 0 bridgehead atoms. The van der Waals surface area contributed by atoms with Crippen LogP contribution in [0.4, 0.5) is 0 Å². The zero-order valence-corrected chi connectivity index (χ0v) is 5.85. The Morgan fingerprint density at radius 2 is 2.30 bits per heavy atom. The number of nitrogens with one attached hydrogen (secondary N) is 2. The van der Waals surface area contributed by atoms with Crippen LogP contribution in [0.3, 0.4) is 0 Å². The lowest BCUT2D eigenvalue weighted by atomic mass is 10.1. The van der Waals surface area contributed by atoms with Gasteiger partial charge in [0.25, 0.3) is 0 Å². The molecule has 10 heavy (non-hydrogen) atoms. The van der Waals surface area contributed by atoms with Crippen molar-refractivity contribution in [2.75, 3.05) is 13.2 Å². The number of rotatable bonds is 3. The van der Waals surface area contributed by atoms with E-state index in [0.717, 1.165) is 12.8 Å². The van der Waals surface area contributed by atoms with E-state index in [1.165, 1.54) is 0 Å². The maximum atomic E-state index is 8.82. The Labute approximate surface area is 59.9 Å². The van der Waals surface area contributed by atoms with E-state index in [4.69, 9.17) is 16.2 Å². The van der Waals surface area contributed by atoms with Crippen molar-refractivity contribution < 1.29 is 5.11 Å². The highest BCUT2D eigenvalue weighted by Gasteiger charge is 2.41. The average molecular weight is 143 g/mol. The molecule has 1 saturated carbocycles. The summed E-state index contributed by atoms with van der Waals surface area (Å²) >= 11 is 0. The van der Waals surface area contributed by atoms with Crippen molar-refractivity contribution in [2.45, 2.75) is 12.8 Å². The van der Waals surface area contributed by atoms with Gasteiger partial charge in [-0.15, -0.1) is 0 Å². The van der Waals surface area contributed by atoms with Crippen LogP contribution in [0.1, 0.15) is 12.8 Å². The van der Waals surface area contributed by atoms with Gasteiger partial charge in [-0.05, 0) is 12.8 Å². The Morgan fingerprint density at radius 1 is 1.70 bits per heavy atom. The summed E-state index contributed by atoms with van der Waals surface area (Å²) in [5, 5.41) is 18.4. The molecule has 1 fully saturated rings. The molecule has 4 heteroatoms. The maximum Gasteiger partial charge on any atom is 0.185 e. The summed E-state index contributed by atoms with van der Waals surface area (Å²) in [6.07, 6.45) is 2.09. The fourth-order valence-corrected chi connectivity index (χ4v) is 0.850. The third-order valence-corrected chi connectivity index (χ3v) is 1.95. The lowest BCUT2D eigenvalue weighted by Gasteiger charge is -2.11. The second-order valence-corrected chi connectivity index (χ2v) is 2.93. The Bertz CT molecular complexity index is 142. The summed E-state index contributed by atoms with van der Waals surface area (Å²) in [7, 11) is 0. The summed E-state index contributed by atoms with van der Waals surface area (Å²) < 4.78 is 0. The smallest absolute Gasteiger partial charge is 0.185 e. The van der Waals surface area contributed by atoms with Crippen LogP contribution in [0.2, 0.25) is 0 Å². The summed E-state index contributed by atoms with van der Waals surface area (Å²) in [5.41, 5.74) is 5.12. The van der Waals surface area contributed by atoms with E-state index >= 15 is 0 Å². The van der Waals surface area contributed by atoms with Gasteiger partial charge < -0.3 is 16.2 Å². The first-order chi connectivity index (χ1) is 4.68. The zero-order valence-electron chi connectivity index (χ0n) is 5.85. The van der Waals surface area contributed by atoms with E-state index in [1.807, 2.05) is 0 Å². The number of nitrogens with two attached hydrogens (primary N) is 1. The highest BCUT2D eigenvalue weighted by molar-refractivity contribution is 5.74. The van der Waals surface area contributed by atoms with Crippen molar-refractivity contribution in [1.29, 1.82) is 5.41 Å². The van der Waals surface area contributed by atoms with Gasteiger partial charge in [-0.3, -0.25) is 5.41 Å². The molecule has 1 aliphatic rings. The minimum atomic E-state index is -0.0141. The molecule has 1 aliphatic carbocycles. The van der Waals surface area contributed by atoms with E-state index in [2.05, 4.69) is 5.32 Å². The summed E-state index contributed by atoms with van der Waals surface area (Å²) in [4.78, 5) is 0. The van der Waals surface area contributed by atoms with Gasteiger partial charge in [0.15, 0.2) is 5.96 Å². The highest BCUT2D eigenvalue weighted by Crippen LogP contribution is 2.44. The number of hydrogen-bond acceptors (Lipinski definition) is 2. The van der Waals surface area contributed by atoms with Crippen LogP contribution >= 0.6 is 0 Å². The first kappa shape index (κ1) is 7.34. The predicted octanol–water partition coefficient (Wildman–Crippen LogP) is -0.758. The van der Waals surface area contributed by atoms with E-state index in [1.54, 1.807) is 0 Å². The summed E-state index contributed by atoms with van der Waals surface area (Å²) in [6.45, 7) is 0.839. The molecule has 0 saturated heterocycles. The molecule has 0 aliphatic heterocycles. The van der Waals surface area contributed by atoms with Crippen molar-refractivity contribution in [3.63, 3.8) is 0 Å². The third-order valence-electron chi connectivity index (χ3n) is 1.95. The van der Waals surface area contributed by atoms with Gasteiger partial charge in [-0.25, -0.2) is 0 Å².